The Kier molecular flexibility index (Phi) is 6.94. The SMILES string of the molecule is CC(C)CCC1(NO)C(=O)C(C2=NS(O)(O)c3cc(NS(C)(=O)=O)ccc3N2)C(O)c2ccccc21. The van der Waals surface area contributed by atoms with Gasteiger partial charge in [-0.3, -0.25) is 18.6 Å². The minimum Gasteiger partial charge on any atom is -0.387 e. The van der Waals surface area contributed by atoms with Crippen LogP contribution in [0.15, 0.2) is 51.8 Å². The summed E-state index contributed by atoms with van der Waals surface area (Å²) in [7, 11) is -7.48. The number of rotatable bonds is 7. The number of hydrogen-bond donors (Lipinski definition) is 7. The highest BCUT2D eigenvalue weighted by Gasteiger charge is 2.54. The van der Waals surface area contributed by atoms with E-state index in [9.17, 15) is 32.6 Å². The van der Waals surface area contributed by atoms with E-state index in [1.807, 2.05) is 13.8 Å². The zero-order valence-electron chi connectivity index (χ0n) is 20.0. The van der Waals surface area contributed by atoms with Gasteiger partial charge in [0.05, 0.1) is 23.7 Å². The number of Topliss-reactive ketones (excluding diaryl/α,β-unsaturated/α-hetero) is 1. The highest BCUT2D eigenvalue weighted by Crippen LogP contribution is 2.57. The van der Waals surface area contributed by atoms with Crippen LogP contribution in [0.4, 0.5) is 11.4 Å². The molecule has 0 saturated carbocycles. The number of nitrogens with zero attached hydrogens (tertiary/aromatic N) is 1. The number of aliphatic hydroxyl groups is 1. The van der Waals surface area contributed by atoms with E-state index < -0.39 is 44.1 Å². The van der Waals surface area contributed by atoms with Gasteiger partial charge >= 0.3 is 0 Å². The van der Waals surface area contributed by atoms with Gasteiger partial charge < -0.3 is 15.6 Å². The first kappa shape index (κ1) is 26.5. The first-order valence-corrected chi connectivity index (χ1v) is 14.7. The number of amidine groups is 1. The Balaban J connectivity index is 1.80. The highest BCUT2D eigenvalue weighted by molar-refractivity contribution is 8.23. The van der Waals surface area contributed by atoms with Crippen LogP contribution in [0.3, 0.4) is 0 Å². The number of aliphatic hydroxyl groups excluding tert-OH is 1. The molecule has 0 bridgehead atoms. The van der Waals surface area contributed by atoms with Crippen molar-refractivity contribution in [3.63, 3.8) is 0 Å². The molecular formula is C23H30N4O7S2. The summed E-state index contributed by atoms with van der Waals surface area (Å²) in [6, 6.07) is 10.8. The van der Waals surface area contributed by atoms with Crippen LogP contribution in [-0.2, 0) is 20.4 Å². The molecule has 0 fully saturated rings. The van der Waals surface area contributed by atoms with Crippen molar-refractivity contribution < 1.29 is 32.6 Å². The predicted molar refractivity (Wildman–Crippen MR) is 138 cm³/mol. The molecule has 2 aromatic carbocycles. The lowest BCUT2D eigenvalue weighted by Crippen LogP contribution is -2.57. The maximum atomic E-state index is 14.0. The summed E-state index contributed by atoms with van der Waals surface area (Å²) < 4.78 is 51.2. The fourth-order valence-electron chi connectivity index (χ4n) is 4.68. The summed E-state index contributed by atoms with van der Waals surface area (Å²) >= 11 is 0. The van der Waals surface area contributed by atoms with Crippen molar-refractivity contribution in [1.82, 2.24) is 5.48 Å². The Bertz CT molecular complexity index is 1330. The minimum absolute atomic E-state index is 0.0654. The maximum Gasteiger partial charge on any atom is 0.229 e. The third-order valence-electron chi connectivity index (χ3n) is 6.41. The zero-order valence-corrected chi connectivity index (χ0v) is 21.6. The number of sulfonamides is 1. The average Bonchev–Trinajstić information content (AvgIpc) is 2.78. The summed E-state index contributed by atoms with van der Waals surface area (Å²) in [5.41, 5.74) is 1.83. The molecular weight excluding hydrogens is 508 g/mol. The average molecular weight is 539 g/mol. The lowest BCUT2D eigenvalue weighted by molar-refractivity contribution is -0.138. The Morgan fingerprint density at radius 1 is 1.19 bits per heavy atom. The summed E-state index contributed by atoms with van der Waals surface area (Å²) in [6.45, 7) is 3.98. The predicted octanol–water partition coefficient (Wildman–Crippen LogP) is 3.45. The molecule has 2 aliphatic rings. The van der Waals surface area contributed by atoms with Crippen molar-refractivity contribution in [3.05, 3.63) is 53.6 Å². The van der Waals surface area contributed by atoms with Gasteiger partial charge in [-0.1, -0.05) is 48.9 Å². The number of hydroxylamine groups is 1. The molecule has 13 heteroatoms. The lowest BCUT2D eigenvalue weighted by Gasteiger charge is -2.44. The molecule has 0 radical (unpaired) electrons. The first-order valence-electron chi connectivity index (χ1n) is 11.3. The fourth-order valence-corrected chi connectivity index (χ4v) is 6.47. The summed E-state index contributed by atoms with van der Waals surface area (Å²) in [6.07, 6.45) is 0.419. The Hall–Kier alpha value is -2.52. The highest BCUT2D eigenvalue weighted by atomic mass is 32.3. The van der Waals surface area contributed by atoms with E-state index in [4.69, 9.17) is 0 Å². The molecule has 4 rings (SSSR count). The van der Waals surface area contributed by atoms with Crippen molar-refractivity contribution in [2.45, 2.75) is 43.2 Å². The van der Waals surface area contributed by atoms with Gasteiger partial charge in [0.1, 0.15) is 22.2 Å². The van der Waals surface area contributed by atoms with Crippen LogP contribution < -0.4 is 15.5 Å². The Morgan fingerprint density at radius 3 is 2.53 bits per heavy atom. The lowest BCUT2D eigenvalue weighted by atomic mass is 9.66. The number of hydrogen-bond acceptors (Lipinski definition) is 10. The van der Waals surface area contributed by atoms with E-state index >= 15 is 0 Å². The largest absolute Gasteiger partial charge is 0.387 e. The topological polar surface area (TPSA) is 181 Å². The second-order valence-electron chi connectivity index (χ2n) is 9.53. The molecule has 1 aliphatic carbocycles. The number of benzene rings is 2. The minimum atomic E-state index is -3.87. The van der Waals surface area contributed by atoms with E-state index in [1.54, 1.807) is 24.3 Å². The van der Waals surface area contributed by atoms with E-state index in [-0.39, 0.29) is 34.4 Å². The van der Waals surface area contributed by atoms with Gasteiger partial charge in [-0.15, -0.1) is 4.40 Å². The number of carbonyl (C=O) groups is 1. The number of fused-ring (bicyclic) bond motifs is 2. The van der Waals surface area contributed by atoms with Crippen molar-refractivity contribution >= 4 is 43.8 Å². The summed E-state index contributed by atoms with van der Waals surface area (Å²) in [4.78, 5) is 13.9. The van der Waals surface area contributed by atoms with Crippen molar-refractivity contribution in [3.8, 4) is 0 Å². The fraction of sp³-hybridized carbons (Fsp3) is 0.391. The van der Waals surface area contributed by atoms with Gasteiger partial charge in [-0.25, -0.2) is 8.42 Å². The number of ketones is 1. The molecule has 0 amide bonds. The van der Waals surface area contributed by atoms with Gasteiger partial charge in [-0.2, -0.15) is 5.48 Å². The van der Waals surface area contributed by atoms with Gasteiger partial charge in [0, 0.05) is 0 Å². The molecule has 1 aliphatic heterocycles. The van der Waals surface area contributed by atoms with Crippen LogP contribution in [0.5, 0.6) is 0 Å². The number of carbonyl (C=O) groups excluding carboxylic acids is 1. The van der Waals surface area contributed by atoms with E-state index in [1.165, 1.54) is 18.2 Å². The molecule has 7 N–H and O–H groups in total. The monoisotopic (exact) mass is 538 g/mol. The number of anilines is 2. The smallest absolute Gasteiger partial charge is 0.229 e. The third kappa shape index (κ3) is 4.75. The molecule has 0 spiro atoms. The Labute approximate surface area is 211 Å². The van der Waals surface area contributed by atoms with Crippen LogP contribution in [-0.4, -0.2) is 45.7 Å². The van der Waals surface area contributed by atoms with Gasteiger partial charge in [0.25, 0.3) is 0 Å². The van der Waals surface area contributed by atoms with Crippen LogP contribution >= 0.6 is 10.8 Å². The van der Waals surface area contributed by atoms with Gasteiger partial charge in [0.15, 0.2) is 5.78 Å². The second kappa shape index (κ2) is 9.41. The summed E-state index contributed by atoms with van der Waals surface area (Å²) in [5.74, 6) is -1.86. The molecule has 3 atom stereocenters. The molecule has 0 saturated heterocycles. The maximum absolute atomic E-state index is 14.0. The first-order chi connectivity index (χ1) is 16.8. The molecule has 11 nitrogen and oxygen atoms in total. The van der Waals surface area contributed by atoms with E-state index in [0.29, 0.717) is 17.5 Å². The van der Waals surface area contributed by atoms with Crippen LogP contribution in [0.2, 0.25) is 0 Å². The summed E-state index contributed by atoms with van der Waals surface area (Å²) in [5, 5.41) is 24.5. The van der Waals surface area contributed by atoms with Crippen LogP contribution in [0.1, 0.15) is 43.9 Å². The zero-order chi connectivity index (χ0) is 26.5. The molecule has 3 unspecified atom stereocenters. The third-order valence-corrected chi connectivity index (χ3v) is 8.39. The standard InChI is InChI=1S/C23H30N4O7S2/c1-13(2)10-11-23(27-30)16-7-5-4-6-15(16)20(28)19(21(23)29)22-24-17-9-8-14(25-35(3,31)32)12-18(17)36(33,34)26-22/h4-9,12-13,19-20,25,27-28,30,33-34H,10-11H2,1-3H3,(H,24,26). The van der Waals surface area contributed by atoms with Gasteiger partial charge in [-0.05, 0) is 48.1 Å². The molecule has 196 valence electrons. The van der Waals surface area contributed by atoms with E-state index in [0.717, 1.165) is 6.26 Å². The second-order valence-corrected chi connectivity index (χ2v) is 12.9. The molecule has 2 aromatic rings. The van der Waals surface area contributed by atoms with Crippen LogP contribution in [0.25, 0.3) is 0 Å². The van der Waals surface area contributed by atoms with Crippen molar-refractivity contribution in [2.24, 2.45) is 16.2 Å². The molecule has 0 aromatic heterocycles. The Morgan fingerprint density at radius 2 is 1.89 bits per heavy atom. The number of nitrogens with one attached hydrogen (secondary N) is 3. The quantitative estimate of drug-likeness (QED) is 0.260. The van der Waals surface area contributed by atoms with Crippen molar-refractivity contribution in [2.75, 3.05) is 16.3 Å². The molecule has 1 heterocycles. The van der Waals surface area contributed by atoms with Gasteiger partial charge in [0.2, 0.25) is 10.0 Å². The van der Waals surface area contributed by atoms with Crippen LogP contribution in [0, 0.1) is 11.8 Å². The van der Waals surface area contributed by atoms with Crippen molar-refractivity contribution in [1.29, 1.82) is 0 Å². The van der Waals surface area contributed by atoms with E-state index in [2.05, 4.69) is 19.9 Å². The molecule has 36 heavy (non-hydrogen) atoms. The normalized spacial score (nSPS) is 25.9.